The van der Waals surface area contributed by atoms with E-state index in [-0.39, 0.29) is 11.7 Å². The van der Waals surface area contributed by atoms with Crippen molar-refractivity contribution >= 4 is 28.2 Å². The molecule has 4 rings (SSSR count). The fourth-order valence-electron chi connectivity index (χ4n) is 4.52. The summed E-state index contributed by atoms with van der Waals surface area (Å²) >= 11 is 5.79. The molecule has 30 heavy (non-hydrogen) atoms. The molecule has 2 aliphatic rings. The van der Waals surface area contributed by atoms with Crippen LogP contribution in [-0.2, 0) is 11.3 Å². The van der Waals surface area contributed by atoms with Crippen molar-refractivity contribution in [1.29, 1.82) is 0 Å². The molecular formula is C23H31N3O3S. The van der Waals surface area contributed by atoms with Crippen molar-refractivity contribution in [1.82, 2.24) is 15.2 Å². The van der Waals surface area contributed by atoms with Crippen LogP contribution in [0, 0.1) is 0 Å². The van der Waals surface area contributed by atoms with Gasteiger partial charge in [-0.3, -0.25) is 4.79 Å². The first-order chi connectivity index (χ1) is 14.6. The second-order valence-electron chi connectivity index (χ2n) is 8.32. The highest BCUT2D eigenvalue weighted by Crippen LogP contribution is 2.25. The van der Waals surface area contributed by atoms with Crippen molar-refractivity contribution in [2.45, 2.75) is 63.6 Å². The van der Waals surface area contributed by atoms with E-state index in [9.17, 15) is 4.79 Å². The van der Waals surface area contributed by atoms with Crippen LogP contribution in [0.4, 0.5) is 0 Å². The molecule has 1 saturated heterocycles. The number of nitrogens with one attached hydrogen (secondary N) is 2. The summed E-state index contributed by atoms with van der Waals surface area (Å²) in [6.07, 6.45) is 8.35. The molecule has 1 aliphatic carbocycles. The van der Waals surface area contributed by atoms with Crippen molar-refractivity contribution in [2.24, 2.45) is 0 Å². The van der Waals surface area contributed by atoms with Gasteiger partial charge in [0, 0.05) is 30.8 Å². The van der Waals surface area contributed by atoms with Crippen LogP contribution < -0.4 is 15.6 Å². The second kappa shape index (κ2) is 9.79. The monoisotopic (exact) mass is 429 g/mol. The van der Waals surface area contributed by atoms with Gasteiger partial charge in [-0.15, -0.1) is 0 Å². The molecule has 0 radical (unpaired) electrons. The number of aromatic amines is 1. The number of H-pyrrole nitrogens is 1. The van der Waals surface area contributed by atoms with Crippen LogP contribution in [0.5, 0.6) is 5.75 Å². The van der Waals surface area contributed by atoms with Gasteiger partial charge in [0.05, 0.1) is 25.3 Å². The number of pyridine rings is 1. The Morgan fingerprint density at radius 3 is 2.80 bits per heavy atom. The van der Waals surface area contributed by atoms with Gasteiger partial charge in [0.15, 0.2) is 5.11 Å². The summed E-state index contributed by atoms with van der Waals surface area (Å²) in [5, 5.41) is 5.14. The van der Waals surface area contributed by atoms with Crippen molar-refractivity contribution in [3.63, 3.8) is 0 Å². The van der Waals surface area contributed by atoms with E-state index in [1.54, 1.807) is 7.11 Å². The highest BCUT2D eigenvalue weighted by molar-refractivity contribution is 7.80. The Morgan fingerprint density at radius 2 is 2.07 bits per heavy atom. The molecule has 7 heteroatoms. The average molecular weight is 430 g/mol. The minimum Gasteiger partial charge on any atom is -0.497 e. The number of nitrogens with zero attached hydrogens (tertiary/aromatic N) is 1. The first-order valence-corrected chi connectivity index (χ1v) is 11.4. The highest BCUT2D eigenvalue weighted by atomic mass is 32.1. The summed E-state index contributed by atoms with van der Waals surface area (Å²) in [5.74, 6) is 0.731. The third-order valence-electron chi connectivity index (χ3n) is 6.25. The first-order valence-electron chi connectivity index (χ1n) is 11.0. The molecule has 1 aromatic carbocycles. The van der Waals surface area contributed by atoms with Gasteiger partial charge in [-0.05, 0) is 61.5 Å². The molecule has 0 unspecified atom stereocenters. The minimum absolute atomic E-state index is 0.0708. The molecule has 2 N–H and O–H groups in total. The lowest BCUT2D eigenvalue weighted by atomic mass is 9.94. The standard InChI is InChI=1S/C23H31N3O3S/c1-28-19-10-9-16-12-17(22(27)25-21(16)13-19)15-26(18-6-3-2-4-7-18)23(30)24-14-20-8-5-11-29-20/h9-10,12-13,18,20H,2-8,11,14-15H2,1H3,(H,24,30)(H,25,27)/t20-/m0/s1. The quantitative estimate of drug-likeness (QED) is 0.682. The summed E-state index contributed by atoms with van der Waals surface area (Å²) in [6, 6.07) is 8.09. The van der Waals surface area contributed by atoms with Crippen LogP contribution in [0.15, 0.2) is 29.1 Å². The summed E-state index contributed by atoms with van der Waals surface area (Å²) in [7, 11) is 1.63. The van der Waals surface area contributed by atoms with Crippen LogP contribution in [0.2, 0.25) is 0 Å². The molecule has 1 atom stereocenters. The molecule has 162 valence electrons. The normalized spacial score (nSPS) is 19.7. The molecule has 2 aromatic rings. The zero-order chi connectivity index (χ0) is 20.9. The van der Waals surface area contributed by atoms with Gasteiger partial charge in [-0.2, -0.15) is 0 Å². The summed E-state index contributed by atoms with van der Waals surface area (Å²) in [4.78, 5) is 18.1. The van der Waals surface area contributed by atoms with Crippen LogP contribution in [-0.4, -0.2) is 47.4 Å². The Balaban J connectivity index is 1.54. The Bertz CT molecular complexity index is 933. The molecule has 0 spiro atoms. The number of hydrogen-bond acceptors (Lipinski definition) is 4. The van der Waals surface area contributed by atoms with Crippen molar-refractivity contribution in [2.75, 3.05) is 20.3 Å². The van der Waals surface area contributed by atoms with E-state index in [1.807, 2.05) is 24.3 Å². The zero-order valence-electron chi connectivity index (χ0n) is 17.6. The maximum absolute atomic E-state index is 12.8. The van der Waals surface area contributed by atoms with Crippen LogP contribution in [0.3, 0.4) is 0 Å². The lowest BCUT2D eigenvalue weighted by Crippen LogP contribution is -2.48. The van der Waals surface area contributed by atoms with Gasteiger partial charge in [0.1, 0.15) is 5.75 Å². The smallest absolute Gasteiger partial charge is 0.253 e. The van der Waals surface area contributed by atoms with Crippen LogP contribution in [0.25, 0.3) is 10.9 Å². The second-order valence-corrected chi connectivity index (χ2v) is 8.70. The molecule has 0 bridgehead atoms. The molecule has 0 amide bonds. The van der Waals surface area contributed by atoms with Gasteiger partial charge in [0.2, 0.25) is 0 Å². The Labute approximate surface area is 182 Å². The highest BCUT2D eigenvalue weighted by Gasteiger charge is 2.25. The molecule has 1 saturated carbocycles. The van der Waals surface area contributed by atoms with E-state index in [2.05, 4.69) is 15.2 Å². The first kappa shape index (κ1) is 21.1. The van der Waals surface area contributed by atoms with Crippen molar-refractivity contribution < 1.29 is 9.47 Å². The van der Waals surface area contributed by atoms with E-state index in [4.69, 9.17) is 21.7 Å². The van der Waals surface area contributed by atoms with Crippen LogP contribution >= 0.6 is 12.2 Å². The van der Waals surface area contributed by atoms with E-state index in [1.165, 1.54) is 19.3 Å². The largest absolute Gasteiger partial charge is 0.497 e. The van der Waals surface area contributed by atoms with Gasteiger partial charge in [0.25, 0.3) is 5.56 Å². The maximum atomic E-state index is 12.8. The SMILES string of the molecule is COc1ccc2cc(CN(C(=S)NC[C@@H]3CCCO3)C3CCCCC3)c(=O)[nH]c2c1. The average Bonchev–Trinajstić information content (AvgIpc) is 3.30. The fourth-order valence-corrected chi connectivity index (χ4v) is 4.82. The van der Waals surface area contributed by atoms with E-state index < -0.39 is 0 Å². The molecule has 2 heterocycles. The number of benzene rings is 1. The number of thiocarbonyl (C=S) groups is 1. The van der Waals surface area contributed by atoms with Gasteiger partial charge in [-0.1, -0.05) is 19.3 Å². The Hall–Kier alpha value is -2.12. The number of ether oxygens (including phenoxy) is 2. The predicted octanol–water partition coefficient (Wildman–Crippen LogP) is 3.72. The van der Waals surface area contributed by atoms with Crippen molar-refractivity contribution in [3.05, 3.63) is 40.2 Å². The lowest BCUT2D eigenvalue weighted by Gasteiger charge is -2.36. The van der Waals surface area contributed by atoms with Gasteiger partial charge >= 0.3 is 0 Å². The number of methoxy groups -OCH3 is 1. The topological polar surface area (TPSA) is 66.6 Å². The summed E-state index contributed by atoms with van der Waals surface area (Å²) in [5.41, 5.74) is 1.45. The third-order valence-corrected chi connectivity index (χ3v) is 6.63. The number of aromatic nitrogens is 1. The molecule has 1 aliphatic heterocycles. The fraction of sp³-hybridized carbons (Fsp3) is 0.565. The van der Waals surface area contributed by atoms with Crippen LogP contribution in [0.1, 0.15) is 50.5 Å². The van der Waals surface area contributed by atoms with Crippen molar-refractivity contribution in [3.8, 4) is 5.75 Å². The Morgan fingerprint density at radius 1 is 1.23 bits per heavy atom. The maximum Gasteiger partial charge on any atom is 0.253 e. The molecule has 1 aromatic heterocycles. The summed E-state index contributed by atoms with van der Waals surface area (Å²) < 4.78 is 11.0. The zero-order valence-corrected chi connectivity index (χ0v) is 18.4. The molecular weight excluding hydrogens is 398 g/mol. The van der Waals surface area contributed by atoms with E-state index >= 15 is 0 Å². The number of rotatable bonds is 6. The molecule has 2 fully saturated rings. The van der Waals surface area contributed by atoms with E-state index in [0.29, 0.717) is 12.6 Å². The predicted molar refractivity (Wildman–Crippen MR) is 123 cm³/mol. The lowest BCUT2D eigenvalue weighted by molar-refractivity contribution is 0.112. The van der Waals surface area contributed by atoms with Gasteiger partial charge in [-0.25, -0.2) is 0 Å². The number of hydrogen-bond donors (Lipinski definition) is 2. The third kappa shape index (κ3) is 4.95. The minimum atomic E-state index is -0.0708. The van der Waals surface area contributed by atoms with Gasteiger partial charge < -0.3 is 24.7 Å². The number of fused-ring (bicyclic) bond motifs is 1. The molecule has 6 nitrogen and oxygen atoms in total. The van der Waals surface area contributed by atoms with E-state index in [0.717, 1.165) is 66.2 Å². The Kier molecular flexibility index (Phi) is 6.89. The summed E-state index contributed by atoms with van der Waals surface area (Å²) in [6.45, 7) is 2.08.